The lowest BCUT2D eigenvalue weighted by molar-refractivity contribution is -0.116. The number of rotatable bonds is 6. The van der Waals surface area contributed by atoms with Gasteiger partial charge in [-0.15, -0.1) is 0 Å². The van der Waals surface area contributed by atoms with Gasteiger partial charge in [0.2, 0.25) is 5.91 Å². The highest BCUT2D eigenvalue weighted by atomic mass is 35.5. The lowest BCUT2D eigenvalue weighted by Gasteiger charge is -2.13. The standard InChI is InChI=1S/C17H18ClFN2O2/c1-11-9-15(16(23-2)10-12(11)18)20-8-7-17(22)21-14-6-4-3-5-13(14)19/h3-6,9-10,20H,7-8H2,1-2H3,(H,21,22). The molecule has 0 aliphatic rings. The number of anilines is 2. The molecular formula is C17H18ClFN2O2. The van der Waals surface area contributed by atoms with Crippen molar-refractivity contribution in [3.05, 3.63) is 52.8 Å². The summed E-state index contributed by atoms with van der Waals surface area (Å²) in [7, 11) is 1.55. The molecule has 23 heavy (non-hydrogen) atoms. The van der Waals surface area contributed by atoms with Crippen molar-refractivity contribution in [1.29, 1.82) is 0 Å². The van der Waals surface area contributed by atoms with Crippen molar-refractivity contribution in [2.24, 2.45) is 0 Å². The van der Waals surface area contributed by atoms with Crippen molar-refractivity contribution >= 4 is 28.9 Å². The number of aryl methyl sites for hydroxylation is 1. The van der Waals surface area contributed by atoms with Crippen molar-refractivity contribution in [2.75, 3.05) is 24.3 Å². The molecule has 1 amide bonds. The first-order valence-corrected chi connectivity index (χ1v) is 7.51. The van der Waals surface area contributed by atoms with Crippen molar-refractivity contribution < 1.29 is 13.9 Å². The molecule has 2 aromatic rings. The Morgan fingerprint density at radius 2 is 2.00 bits per heavy atom. The number of amides is 1. The zero-order valence-electron chi connectivity index (χ0n) is 13.0. The maximum Gasteiger partial charge on any atom is 0.226 e. The summed E-state index contributed by atoms with van der Waals surface area (Å²) < 4.78 is 18.7. The van der Waals surface area contributed by atoms with E-state index in [0.29, 0.717) is 17.3 Å². The molecule has 0 aliphatic heterocycles. The number of hydrogen-bond acceptors (Lipinski definition) is 3. The molecule has 0 spiro atoms. The van der Waals surface area contributed by atoms with E-state index in [0.717, 1.165) is 11.3 Å². The summed E-state index contributed by atoms with van der Waals surface area (Å²) in [4.78, 5) is 11.9. The quantitative estimate of drug-likeness (QED) is 0.829. The molecule has 0 saturated heterocycles. The van der Waals surface area contributed by atoms with Gasteiger partial charge >= 0.3 is 0 Å². The second-order valence-corrected chi connectivity index (χ2v) is 5.41. The monoisotopic (exact) mass is 336 g/mol. The van der Waals surface area contributed by atoms with Crippen LogP contribution in [-0.4, -0.2) is 19.6 Å². The summed E-state index contributed by atoms with van der Waals surface area (Å²) in [6, 6.07) is 9.63. The predicted molar refractivity (Wildman–Crippen MR) is 90.9 cm³/mol. The van der Waals surface area contributed by atoms with E-state index in [4.69, 9.17) is 16.3 Å². The summed E-state index contributed by atoms with van der Waals surface area (Å²) >= 11 is 6.05. The Labute approximate surface area is 139 Å². The summed E-state index contributed by atoms with van der Waals surface area (Å²) in [5.41, 5.74) is 1.84. The van der Waals surface area contributed by atoms with Crippen LogP contribution in [-0.2, 0) is 4.79 Å². The minimum absolute atomic E-state index is 0.178. The minimum Gasteiger partial charge on any atom is -0.495 e. The summed E-state index contributed by atoms with van der Waals surface area (Å²) in [6.07, 6.45) is 0.194. The molecule has 0 heterocycles. The third-order valence-corrected chi connectivity index (χ3v) is 3.70. The Morgan fingerprint density at radius 1 is 1.26 bits per heavy atom. The zero-order chi connectivity index (χ0) is 16.8. The fraction of sp³-hybridized carbons (Fsp3) is 0.235. The highest BCUT2D eigenvalue weighted by Crippen LogP contribution is 2.30. The van der Waals surface area contributed by atoms with E-state index in [1.54, 1.807) is 25.3 Å². The molecular weight excluding hydrogens is 319 g/mol. The molecule has 4 nitrogen and oxygen atoms in total. The maximum atomic E-state index is 13.5. The van der Waals surface area contributed by atoms with Crippen LogP contribution < -0.4 is 15.4 Å². The summed E-state index contributed by atoms with van der Waals surface area (Å²) in [5.74, 6) is -0.119. The second kappa shape index (κ2) is 7.83. The lowest BCUT2D eigenvalue weighted by Crippen LogP contribution is -2.17. The smallest absolute Gasteiger partial charge is 0.226 e. The van der Waals surface area contributed by atoms with Crippen LogP contribution in [0.1, 0.15) is 12.0 Å². The van der Waals surface area contributed by atoms with Crippen LogP contribution >= 0.6 is 11.6 Å². The Hall–Kier alpha value is -2.27. The summed E-state index contributed by atoms with van der Waals surface area (Å²) in [5, 5.41) is 6.28. The predicted octanol–water partition coefficient (Wildman–Crippen LogP) is 4.24. The van der Waals surface area contributed by atoms with Gasteiger partial charge in [-0.2, -0.15) is 0 Å². The van der Waals surface area contributed by atoms with Gasteiger partial charge in [-0.05, 0) is 30.7 Å². The van der Waals surface area contributed by atoms with Crippen LogP contribution in [0.4, 0.5) is 15.8 Å². The second-order valence-electron chi connectivity index (χ2n) is 5.01. The van der Waals surface area contributed by atoms with Crippen molar-refractivity contribution in [1.82, 2.24) is 0 Å². The first kappa shape index (κ1) is 17.1. The number of ether oxygens (including phenoxy) is 1. The van der Waals surface area contributed by atoms with Crippen molar-refractivity contribution in [3.8, 4) is 5.75 Å². The Morgan fingerprint density at radius 3 is 2.70 bits per heavy atom. The van der Waals surface area contributed by atoms with Gasteiger partial charge in [0.1, 0.15) is 11.6 Å². The highest BCUT2D eigenvalue weighted by Gasteiger charge is 2.09. The maximum absolute atomic E-state index is 13.5. The van der Waals surface area contributed by atoms with E-state index in [1.165, 1.54) is 12.1 Å². The molecule has 2 aromatic carbocycles. The van der Waals surface area contributed by atoms with Gasteiger partial charge < -0.3 is 15.4 Å². The molecule has 2 N–H and O–H groups in total. The Kier molecular flexibility index (Phi) is 5.82. The van der Waals surface area contributed by atoms with Crippen LogP contribution in [0.3, 0.4) is 0 Å². The van der Waals surface area contributed by atoms with Crippen LogP contribution in [0.2, 0.25) is 5.02 Å². The third kappa shape index (κ3) is 4.60. The van der Waals surface area contributed by atoms with Gasteiger partial charge in [-0.25, -0.2) is 4.39 Å². The SMILES string of the molecule is COc1cc(Cl)c(C)cc1NCCC(=O)Nc1ccccc1F. The number of hydrogen-bond donors (Lipinski definition) is 2. The molecule has 0 radical (unpaired) electrons. The molecule has 0 aromatic heterocycles. The number of carbonyl (C=O) groups excluding carboxylic acids is 1. The zero-order valence-corrected chi connectivity index (χ0v) is 13.7. The fourth-order valence-electron chi connectivity index (χ4n) is 2.06. The van der Waals surface area contributed by atoms with Gasteiger partial charge in [0, 0.05) is 24.1 Å². The molecule has 6 heteroatoms. The van der Waals surface area contributed by atoms with E-state index >= 15 is 0 Å². The molecule has 0 atom stereocenters. The van der Waals surface area contributed by atoms with Crippen molar-refractivity contribution in [3.63, 3.8) is 0 Å². The number of carbonyl (C=O) groups is 1. The van der Waals surface area contributed by atoms with Crippen LogP contribution in [0.25, 0.3) is 0 Å². The number of methoxy groups -OCH3 is 1. The van der Waals surface area contributed by atoms with Gasteiger partial charge in [-0.3, -0.25) is 4.79 Å². The first-order chi connectivity index (χ1) is 11.0. The molecule has 0 bridgehead atoms. The van der Waals surface area contributed by atoms with Gasteiger partial charge in [0.25, 0.3) is 0 Å². The van der Waals surface area contributed by atoms with Crippen LogP contribution in [0, 0.1) is 12.7 Å². The van der Waals surface area contributed by atoms with Gasteiger partial charge in [0.05, 0.1) is 18.5 Å². The van der Waals surface area contributed by atoms with Gasteiger partial charge in [-0.1, -0.05) is 23.7 Å². The number of halogens is 2. The highest BCUT2D eigenvalue weighted by molar-refractivity contribution is 6.31. The average molecular weight is 337 g/mol. The van der Waals surface area contributed by atoms with E-state index < -0.39 is 5.82 Å². The van der Waals surface area contributed by atoms with Crippen LogP contribution in [0.5, 0.6) is 5.75 Å². The van der Waals surface area contributed by atoms with E-state index in [2.05, 4.69) is 10.6 Å². The number of benzene rings is 2. The van der Waals surface area contributed by atoms with E-state index in [1.807, 2.05) is 13.0 Å². The summed E-state index contributed by atoms with van der Waals surface area (Å²) in [6.45, 7) is 2.27. The number of para-hydroxylation sites is 1. The average Bonchev–Trinajstić information content (AvgIpc) is 2.52. The topological polar surface area (TPSA) is 50.4 Å². The minimum atomic E-state index is -0.455. The van der Waals surface area contributed by atoms with Crippen molar-refractivity contribution in [2.45, 2.75) is 13.3 Å². The molecule has 0 aliphatic carbocycles. The van der Waals surface area contributed by atoms with Gasteiger partial charge in [0.15, 0.2) is 0 Å². The van der Waals surface area contributed by atoms with E-state index in [9.17, 15) is 9.18 Å². The Balaban J connectivity index is 1.91. The third-order valence-electron chi connectivity index (χ3n) is 3.30. The van der Waals surface area contributed by atoms with Crippen LogP contribution in [0.15, 0.2) is 36.4 Å². The van der Waals surface area contributed by atoms with E-state index in [-0.39, 0.29) is 18.0 Å². The first-order valence-electron chi connectivity index (χ1n) is 7.13. The largest absolute Gasteiger partial charge is 0.495 e. The normalized spacial score (nSPS) is 10.3. The molecule has 2 rings (SSSR count). The number of nitrogens with one attached hydrogen (secondary N) is 2. The molecule has 0 fully saturated rings. The Bertz CT molecular complexity index is 707. The molecule has 122 valence electrons. The molecule has 0 unspecified atom stereocenters. The molecule has 0 saturated carbocycles. The fourth-order valence-corrected chi connectivity index (χ4v) is 2.21. The lowest BCUT2D eigenvalue weighted by atomic mass is 10.2.